The van der Waals surface area contributed by atoms with E-state index in [1.54, 1.807) is 30.9 Å². The van der Waals surface area contributed by atoms with Gasteiger partial charge in [0.25, 0.3) is 0 Å². The molecule has 1 heterocycles. The molecule has 324 valence electrons. The molecule has 7 atom stereocenters. The summed E-state index contributed by atoms with van der Waals surface area (Å²) in [5.74, 6) is 5.60. The molecule has 7 aliphatic rings. The highest BCUT2D eigenvalue weighted by Gasteiger charge is 2.55. The Morgan fingerprint density at radius 2 is 1.37 bits per heavy atom. The molecule has 4 saturated carbocycles. The van der Waals surface area contributed by atoms with Gasteiger partial charge in [0.1, 0.15) is 17.2 Å². The first-order chi connectivity index (χ1) is 30.4. The van der Waals surface area contributed by atoms with Crippen molar-refractivity contribution in [3.8, 4) is 28.4 Å². The molecular weight excluding hydrogens is 769 g/mol. The number of rotatable bonds is 6. The van der Waals surface area contributed by atoms with Crippen LogP contribution in [0.5, 0.6) is 17.2 Å². The summed E-state index contributed by atoms with van der Waals surface area (Å²) in [5.41, 5.74) is 14.1. The van der Waals surface area contributed by atoms with Gasteiger partial charge in [-0.3, -0.25) is 0 Å². The Morgan fingerprint density at radius 3 is 2.08 bits per heavy atom. The van der Waals surface area contributed by atoms with Crippen molar-refractivity contribution in [3.05, 3.63) is 142 Å². The van der Waals surface area contributed by atoms with Gasteiger partial charge in [0.05, 0.1) is 14.2 Å². The van der Waals surface area contributed by atoms with Gasteiger partial charge >= 0.3 is 0 Å². The Balaban J connectivity index is 1.21. The maximum absolute atomic E-state index is 8.11. The van der Waals surface area contributed by atoms with Crippen LogP contribution in [0.1, 0.15) is 151 Å². The Kier molecular flexibility index (Phi) is 8.76. The van der Waals surface area contributed by atoms with Crippen molar-refractivity contribution < 1.29 is 14.2 Å². The summed E-state index contributed by atoms with van der Waals surface area (Å²) in [7, 11) is 3.49. The van der Waals surface area contributed by atoms with Gasteiger partial charge < -0.3 is 14.2 Å². The van der Waals surface area contributed by atoms with Crippen LogP contribution in [0.2, 0.25) is 0 Å². The number of hydrogen-bond donors (Lipinski definition) is 0. The lowest BCUT2D eigenvalue weighted by molar-refractivity contribution is 0.128. The monoisotopic (exact) mass is 835 g/mol. The molecule has 4 bridgehead atoms. The van der Waals surface area contributed by atoms with Crippen molar-refractivity contribution in [2.24, 2.45) is 29.1 Å². The minimum Gasteiger partial charge on any atom is -0.497 e. The number of allylic oxidation sites excluding steroid dienone is 2. The Bertz CT molecular complexity index is 2690. The second-order valence-corrected chi connectivity index (χ2v) is 23.0. The Hall–Kier alpha value is -4.76. The number of methoxy groups -OCH3 is 2. The number of benzene rings is 5. The van der Waals surface area contributed by atoms with Crippen LogP contribution < -0.4 is 14.2 Å². The van der Waals surface area contributed by atoms with Crippen molar-refractivity contribution in [2.45, 2.75) is 134 Å². The minimum absolute atomic E-state index is 0.117. The summed E-state index contributed by atoms with van der Waals surface area (Å²) in [6.45, 7) is 12.6. The molecule has 12 rings (SSSR count). The number of hydrogen-bond acceptors (Lipinski definition) is 3. The average molecular weight is 835 g/mol. The second kappa shape index (κ2) is 13.9. The minimum atomic E-state index is -0.874. The molecule has 0 aromatic heterocycles. The highest BCUT2D eigenvalue weighted by Crippen LogP contribution is 2.67. The van der Waals surface area contributed by atoms with E-state index in [2.05, 4.69) is 138 Å². The van der Waals surface area contributed by atoms with E-state index in [1.807, 2.05) is 0 Å². The number of ether oxygens (including phenoxy) is 3. The van der Waals surface area contributed by atoms with Crippen LogP contribution in [0.15, 0.2) is 103 Å². The third-order valence-electron chi connectivity index (χ3n) is 17.8. The van der Waals surface area contributed by atoms with Crippen LogP contribution in [0, 0.1) is 29.1 Å². The van der Waals surface area contributed by atoms with E-state index in [-0.39, 0.29) is 21.7 Å². The first kappa shape index (κ1) is 39.8. The summed E-state index contributed by atoms with van der Waals surface area (Å²) in [5, 5.41) is 2.71. The fourth-order valence-corrected chi connectivity index (χ4v) is 16.2. The third-order valence-corrected chi connectivity index (χ3v) is 17.8. The molecule has 0 saturated heterocycles. The quantitative estimate of drug-likeness (QED) is 0.160. The molecule has 5 aromatic carbocycles. The van der Waals surface area contributed by atoms with E-state index in [4.69, 9.17) is 14.2 Å². The van der Waals surface area contributed by atoms with E-state index in [1.165, 1.54) is 103 Å². The topological polar surface area (TPSA) is 27.7 Å². The molecule has 63 heavy (non-hydrogen) atoms. The lowest BCUT2D eigenvalue weighted by Gasteiger charge is -2.48. The molecule has 7 unspecified atom stereocenters. The van der Waals surface area contributed by atoms with Gasteiger partial charge in [0.2, 0.25) is 0 Å². The summed E-state index contributed by atoms with van der Waals surface area (Å²) in [6.07, 6.45) is 22.7. The standard InChI is InChI=1S/C60H66O3/c1-37-26-40-20-23-57(31-37,34-40)51-28-48-49(29-52(51)58-24-21-41(35-58)27-38(2)32-58)55-47(54-53(48)46-10-8-9-11-50(46)59(54)33-39(3)30-56(4,5)36-59)22-25-60(63-55,42-12-16-44(61-6)17-13-42)43-14-18-45(62-7)19-15-43/h8-20,22,25,28-29,37-39,41H,21,23-24,26-27,30-36H2,1-7H3. The van der Waals surface area contributed by atoms with E-state index >= 15 is 0 Å². The fourth-order valence-electron chi connectivity index (χ4n) is 16.2. The van der Waals surface area contributed by atoms with E-state index in [0.717, 1.165) is 53.1 Å². The van der Waals surface area contributed by atoms with Crippen molar-refractivity contribution in [1.82, 2.24) is 0 Å². The van der Waals surface area contributed by atoms with E-state index in [0.29, 0.717) is 11.8 Å². The predicted molar refractivity (Wildman–Crippen MR) is 258 cm³/mol. The van der Waals surface area contributed by atoms with Crippen molar-refractivity contribution in [3.63, 3.8) is 0 Å². The fraction of sp³-hybridized carbons (Fsp3) is 0.467. The van der Waals surface area contributed by atoms with Crippen LogP contribution in [0.25, 0.3) is 28.0 Å². The maximum atomic E-state index is 8.11. The average Bonchev–Trinajstić information content (AvgIpc) is 3.87. The largest absolute Gasteiger partial charge is 0.497 e. The van der Waals surface area contributed by atoms with Gasteiger partial charge in [-0.1, -0.05) is 101 Å². The lowest BCUT2D eigenvalue weighted by atomic mass is 9.56. The van der Waals surface area contributed by atoms with Crippen molar-refractivity contribution >= 4 is 16.8 Å². The summed E-state index contributed by atoms with van der Waals surface area (Å²) in [6, 6.07) is 32.3. The SMILES string of the molecule is COc1ccc(C2(c3ccc(OC)cc3)C=Cc3c4c(c5cc(C67CC=C(CC(C)C6)C7)c(C67CCC(CC(C)C6)C7)cc5c3O2)-c2ccccc2C42CC(C)CC(C)(C)C2)cc1. The van der Waals surface area contributed by atoms with E-state index < -0.39 is 5.60 Å². The second-order valence-electron chi connectivity index (χ2n) is 23.0. The van der Waals surface area contributed by atoms with Crippen LogP contribution >= 0.6 is 0 Å². The smallest absolute Gasteiger partial charge is 0.178 e. The van der Waals surface area contributed by atoms with Crippen LogP contribution in [-0.2, 0) is 21.8 Å². The molecule has 1 spiro atoms. The van der Waals surface area contributed by atoms with Crippen molar-refractivity contribution in [2.75, 3.05) is 14.2 Å². The zero-order valence-electron chi connectivity index (χ0n) is 38.8. The summed E-state index contributed by atoms with van der Waals surface area (Å²) >= 11 is 0. The molecule has 0 radical (unpaired) electrons. The van der Waals surface area contributed by atoms with Crippen LogP contribution in [0.4, 0.5) is 0 Å². The molecule has 0 N–H and O–H groups in total. The molecule has 5 aromatic rings. The van der Waals surface area contributed by atoms with Crippen LogP contribution in [-0.4, -0.2) is 14.2 Å². The molecule has 3 heteroatoms. The normalized spacial score (nSPS) is 31.6. The highest BCUT2D eigenvalue weighted by molar-refractivity contribution is 6.09. The van der Waals surface area contributed by atoms with Gasteiger partial charge in [0, 0.05) is 32.9 Å². The zero-order valence-corrected chi connectivity index (χ0v) is 38.8. The first-order valence-electron chi connectivity index (χ1n) is 24.5. The zero-order chi connectivity index (χ0) is 43.1. The first-order valence-corrected chi connectivity index (χ1v) is 24.5. The van der Waals surface area contributed by atoms with Crippen LogP contribution in [0.3, 0.4) is 0 Å². The molecular formula is C60H66O3. The van der Waals surface area contributed by atoms with E-state index in [9.17, 15) is 0 Å². The predicted octanol–water partition coefficient (Wildman–Crippen LogP) is 15.2. The molecule has 1 aliphatic heterocycles. The Morgan fingerprint density at radius 1 is 0.683 bits per heavy atom. The highest BCUT2D eigenvalue weighted by atomic mass is 16.5. The van der Waals surface area contributed by atoms with Gasteiger partial charge in [-0.2, -0.15) is 0 Å². The Labute approximate surface area is 376 Å². The van der Waals surface area contributed by atoms with Gasteiger partial charge in [-0.25, -0.2) is 0 Å². The van der Waals surface area contributed by atoms with Crippen molar-refractivity contribution in [1.29, 1.82) is 0 Å². The lowest BCUT2D eigenvalue weighted by Crippen LogP contribution is -2.41. The van der Waals surface area contributed by atoms with Gasteiger partial charge in [-0.15, -0.1) is 0 Å². The summed E-state index contributed by atoms with van der Waals surface area (Å²) in [4.78, 5) is 0. The van der Waals surface area contributed by atoms with Gasteiger partial charge in [-0.05, 0) is 193 Å². The molecule has 3 nitrogen and oxygen atoms in total. The molecule has 4 fully saturated rings. The maximum Gasteiger partial charge on any atom is 0.178 e. The molecule has 0 amide bonds. The third kappa shape index (κ3) is 5.82. The molecule has 6 aliphatic carbocycles. The van der Waals surface area contributed by atoms with Gasteiger partial charge in [0.15, 0.2) is 5.60 Å². The summed E-state index contributed by atoms with van der Waals surface area (Å²) < 4.78 is 19.6. The number of fused-ring (bicyclic) bond motifs is 14.